The Morgan fingerprint density at radius 3 is 2.43 bits per heavy atom. The molecule has 10 atom stereocenters. The quantitative estimate of drug-likeness (QED) is 0.438. The maximum atomic E-state index is 10.8. The molecule has 0 amide bonds. The monoisotopic (exact) mass is 400 g/mol. The minimum atomic E-state index is -1.47. The Morgan fingerprint density at radius 1 is 1.14 bits per heavy atom. The van der Waals surface area contributed by atoms with Crippen LogP contribution < -0.4 is 0 Å². The average Bonchev–Trinajstić information content (AvgIpc) is 2.65. The van der Waals surface area contributed by atoms with Crippen LogP contribution in [0.5, 0.6) is 0 Å². The van der Waals surface area contributed by atoms with E-state index in [4.69, 9.17) is 9.47 Å². The van der Waals surface area contributed by atoms with Crippen molar-refractivity contribution >= 4 is 0 Å². The normalized spacial score (nSPS) is 49.9. The van der Waals surface area contributed by atoms with Crippen LogP contribution >= 0.6 is 0 Å². The van der Waals surface area contributed by atoms with Crippen LogP contribution in [0.1, 0.15) is 46.5 Å². The fourth-order valence-corrected chi connectivity index (χ4v) is 5.53. The smallest absolute Gasteiger partial charge is 0.187 e. The summed E-state index contributed by atoms with van der Waals surface area (Å²) in [6.07, 6.45) is -4.13. The van der Waals surface area contributed by atoms with E-state index in [2.05, 4.69) is 27.4 Å². The standard InChI is InChI=1S/C21H36O7/c1-10(2)12-7-8-21(4)14(23)6-5-11(3)15(21)19(12)28-20-18(26)17(25)16(24)13(9-22)27-20/h10,12-20,22-26H,3,5-9H2,1-2,4H3/t12-,13+,14-,15-,16+,17-,18+,19+,20-,21+/m0/s1. The van der Waals surface area contributed by atoms with E-state index >= 15 is 0 Å². The van der Waals surface area contributed by atoms with Gasteiger partial charge in [-0.1, -0.05) is 32.9 Å². The van der Waals surface area contributed by atoms with Crippen LogP contribution in [0, 0.1) is 23.2 Å². The van der Waals surface area contributed by atoms with Crippen LogP contribution in [0.25, 0.3) is 0 Å². The zero-order chi connectivity index (χ0) is 20.8. The van der Waals surface area contributed by atoms with Gasteiger partial charge in [0.1, 0.15) is 24.4 Å². The molecule has 0 aromatic heterocycles. The molecule has 5 N–H and O–H groups in total. The highest BCUT2D eigenvalue weighted by atomic mass is 16.7. The maximum absolute atomic E-state index is 10.8. The molecule has 0 unspecified atom stereocenters. The van der Waals surface area contributed by atoms with Gasteiger partial charge in [-0.25, -0.2) is 0 Å². The molecule has 1 aliphatic heterocycles. The summed E-state index contributed by atoms with van der Waals surface area (Å²) in [4.78, 5) is 0. The van der Waals surface area contributed by atoms with E-state index in [1.165, 1.54) is 0 Å². The zero-order valence-electron chi connectivity index (χ0n) is 17.1. The van der Waals surface area contributed by atoms with Crippen molar-refractivity contribution < 1.29 is 35.0 Å². The number of aliphatic hydroxyl groups excluding tert-OH is 5. The Bertz CT molecular complexity index is 565. The van der Waals surface area contributed by atoms with Gasteiger partial charge in [0.2, 0.25) is 0 Å². The highest BCUT2D eigenvalue weighted by Gasteiger charge is 2.56. The molecule has 0 aromatic rings. The molecule has 28 heavy (non-hydrogen) atoms. The summed E-state index contributed by atoms with van der Waals surface area (Å²) in [6.45, 7) is 10.1. The molecule has 0 bridgehead atoms. The molecule has 3 rings (SSSR count). The van der Waals surface area contributed by atoms with Crippen molar-refractivity contribution in [2.45, 2.75) is 89.4 Å². The molecular weight excluding hydrogens is 364 g/mol. The van der Waals surface area contributed by atoms with Gasteiger partial charge < -0.3 is 35.0 Å². The lowest BCUT2D eigenvalue weighted by atomic mass is 9.53. The predicted octanol–water partition coefficient (Wildman–Crippen LogP) is 0.571. The third-order valence-electron chi connectivity index (χ3n) is 7.41. The Kier molecular flexibility index (Phi) is 6.57. The van der Waals surface area contributed by atoms with Crippen molar-refractivity contribution in [2.24, 2.45) is 23.2 Å². The van der Waals surface area contributed by atoms with Gasteiger partial charge in [0, 0.05) is 11.3 Å². The lowest BCUT2D eigenvalue weighted by molar-refractivity contribution is -0.326. The summed E-state index contributed by atoms with van der Waals surface area (Å²) in [5.74, 6) is 0.392. The molecule has 7 heteroatoms. The summed E-state index contributed by atoms with van der Waals surface area (Å²) in [5.41, 5.74) is 0.673. The first-order valence-corrected chi connectivity index (χ1v) is 10.4. The summed E-state index contributed by atoms with van der Waals surface area (Å²) >= 11 is 0. The first-order valence-electron chi connectivity index (χ1n) is 10.4. The Morgan fingerprint density at radius 2 is 1.82 bits per heavy atom. The Labute approximate surface area is 167 Å². The minimum absolute atomic E-state index is 0.0928. The second-order valence-corrected chi connectivity index (χ2v) is 9.44. The molecule has 0 spiro atoms. The maximum Gasteiger partial charge on any atom is 0.187 e. The number of ether oxygens (including phenoxy) is 2. The second-order valence-electron chi connectivity index (χ2n) is 9.44. The first kappa shape index (κ1) is 22.2. The van der Waals surface area contributed by atoms with Crippen LogP contribution in [-0.4, -0.2) is 75.1 Å². The molecule has 7 nitrogen and oxygen atoms in total. The molecule has 3 aliphatic rings. The highest BCUT2D eigenvalue weighted by molar-refractivity contribution is 5.18. The first-order chi connectivity index (χ1) is 13.1. The van der Waals surface area contributed by atoms with Gasteiger partial charge >= 0.3 is 0 Å². The Balaban J connectivity index is 1.90. The largest absolute Gasteiger partial charge is 0.394 e. The van der Waals surface area contributed by atoms with Gasteiger partial charge in [-0.3, -0.25) is 0 Å². The lowest BCUT2D eigenvalue weighted by Crippen LogP contribution is -2.62. The third kappa shape index (κ3) is 3.67. The van der Waals surface area contributed by atoms with Crippen molar-refractivity contribution in [1.82, 2.24) is 0 Å². The van der Waals surface area contributed by atoms with Crippen molar-refractivity contribution in [1.29, 1.82) is 0 Å². The summed E-state index contributed by atoms with van der Waals surface area (Å²) in [7, 11) is 0. The number of aliphatic hydroxyl groups is 5. The third-order valence-corrected chi connectivity index (χ3v) is 7.41. The molecule has 2 saturated carbocycles. The van der Waals surface area contributed by atoms with Gasteiger partial charge in [0.15, 0.2) is 6.29 Å². The van der Waals surface area contributed by atoms with Gasteiger partial charge in [0.25, 0.3) is 0 Å². The van der Waals surface area contributed by atoms with E-state index in [0.29, 0.717) is 12.3 Å². The van der Waals surface area contributed by atoms with Crippen LogP contribution in [0.3, 0.4) is 0 Å². The van der Waals surface area contributed by atoms with Gasteiger partial charge in [-0.15, -0.1) is 0 Å². The fourth-order valence-electron chi connectivity index (χ4n) is 5.53. The number of fused-ring (bicyclic) bond motifs is 1. The number of hydrogen-bond donors (Lipinski definition) is 5. The van der Waals surface area contributed by atoms with Crippen molar-refractivity contribution in [3.63, 3.8) is 0 Å². The SMILES string of the molecule is C=C1CC[C@H](O)[C@@]2(C)CC[C@@H](C(C)C)[C@@H](O[C@@H]3O[C@H](CO)[C@@H](O)[C@H](O)[C@H]3O)[C@H]12. The molecule has 162 valence electrons. The molecule has 0 radical (unpaired) electrons. The van der Waals surface area contributed by atoms with Crippen molar-refractivity contribution in [2.75, 3.05) is 6.61 Å². The zero-order valence-corrected chi connectivity index (χ0v) is 17.1. The van der Waals surface area contributed by atoms with Gasteiger partial charge in [-0.2, -0.15) is 0 Å². The van der Waals surface area contributed by atoms with Crippen LogP contribution in [0.15, 0.2) is 12.2 Å². The van der Waals surface area contributed by atoms with Gasteiger partial charge in [-0.05, 0) is 37.5 Å². The molecular formula is C21H36O7. The lowest BCUT2D eigenvalue weighted by Gasteiger charge is -2.56. The highest BCUT2D eigenvalue weighted by Crippen LogP contribution is 2.55. The molecule has 1 saturated heterocycles. The second kappa shape index (κ2) is 8.30. The van der Waals surface area contributed by atoms with E-state index in [1.807, 2.05) is 0 Å². The summed E-state index contributed by atoms with van der Waals surface area (Å²) in [6, 6.07) is 0. The minimum Gasteiger partial charge on any atom is -0.394 e. The van der Waals surface area contributed by atoms with Crippen LogP contribution in [-0.2, 0) is 9.47 Å². The Hall–Kier alpha value is -0.540. The average molecular weight is 401 g/mol. The summed E-state index contributed by atoms with van der Waals surface area (Å²) < 4.78 is 11.9. The van der Waals surface area contributed by atoms with E-state index in [1.54, 1.807) is 0 Å². The van der Waals surface area contributed by atoms with Gasteiger partial charge in [0.05, 0.1) is 18.8 Å². The van der Waals surface area contributed by atoms with E-state index in [0.717, 1.165) is 24.8 Å². The molecule has 2 aliphatic carbocycles. The van der Waals surface area contributed by atoms with Crippen molar-refractivity contribution in [3.8, 4) is 0 Å². The van der Waals surface area contributed by atoms with Crippen molar-refractivity contribution in [3.05, 3.63) is 12.2 Å². The van der Waals surface area contributed by atoms with E-state index < -0.39 is 43.4 Å². The fraction of sp³-hybridized carbons (Fsp3) is 0.905. The number of hydrogen-bond acceptors (Lipinski definition) is 7. The predicted molar refractivity (Wildman–Crippen MR) is 102 cm³/mol. The molecule has 1 heterocycles. The van der Waals surface area contributed by atoms with Crippen LogP contribution in [0.4, 0.5) is 0 Å². The molecule has 3 fully saturated rings. The molecule has 0 aromatic carbocycles. The van der Waals surface area contributed by atoms with Crippen LogP contribution in [0.2, 0.25) is 0 Å². The topological polar surface area (TPSA) is 120 Å². The van der Waals surface area contributed by atoms with E-state index in [9.17, 15) is 25.5 Å². The summed E-state index contributed by atoms with van der Waals surface area (Å²) in [5, 5.41) is 50.8. The van der Waals surface area contributed by atoms with E-state index in [-0.39, 0.29) is 23.4 Å². The number of rotatable bonds is 4.